The van der Waals surface area contributed by atoms with Crippen molar-refractivity contribution in [3.8, 4) is 0 Å². The molecule has 0 aliphatic carbocycles. The van der Waals surface area contributed by atoms with Gasteiger partial charge in [-0.05, 0) is 29.0 Å². The van der Waals surface area contributed by atoms with Gasteiger partial charge in [0.05, 0.1) is 0 Å². The van der Waals surface area contributed by atoms with Crippen molar-refractivity contribution >= 4 is 35.4 Å². The second-order valence-electron chi connectivity index (χ2n) is 7.98. The summed E-state index contributed by atoms with van der Waals surface area (Å²) in [6.07, 6.45) is 1.38. The minimum Gasteiger partial charge on any atom is -0.318 e. The smallest absolute Gasteiger partial charge is 0.229 e. The van der Waals surface area contributed by atoms with Crippen LogP contribution >= 0.6 is 0 Å². The molecule has 158 valence electrons. The number of amides is 2. The number of hydrogen-bond acceptors (Lipinski definition) is 3. The molecule has 31 heavy (non-hydrogen) atoms. The third-order valence-corrected chi connectivity index (χ3v) is 11.7. The maximum atomic E-state index is 12.2. The molecule has 0 saturated carbocycles. The first-order valence-corrected chi connectivity index (χ1v) is 12.9. The van der Waals surface area contributed by atoms with Gasteiger partial charge < -0.3 is 5.32 Å². The SMILES string of the molecule is CNC(CCN1C(=O)CCC1=O)[Si](c1ccccc1)(c1ccccc1)c1ccccc1. The van der Waals surface area contributed by atoms with E-state index in [1.165, 1.54) is 20.5 Å². The van der Waals surface area contributed by atoms with E-state index < -0.39 is 8.07 Å². The summed E-state index contributed by atoms with van der Waals surface area (Å²) in [5.74, 6) is -0.0995. The van der Waals surface area contributed by atoms with Gasteiger partial charge in [0.1, 0.15) is 0 Å². The third kappa shape index (κ3) is 3.99. The Morgan fingerprint density at radius 1 is 0.742 bits per heavy atom. The first kappa shape index (κ1) is 21.2. The van der Waals surface area contributed by atoms with Gasteiger partial charge in [-0.1, -0.05) is 91.0 Å². The predicted octanol–water partition coefficient (Wildman–Crippen LogP) is 1.82. The van der Waals surface area contributed by atoms with Gasteiger partial charge in [0.15, 0.2) is 8.07 Å². The van der Waals surface area contributed by atoms with Gasteiger partial charge >= 0.3 is 0 Å². The fourth-order valence-corrected chi connectivity index (χ4v) is 10.3. The Labute approximate surface area is 184 Å². The van der Waals surface area contributed by atoms with Gasteiger partial charge in [0.25, 0.3) is 0 Å². The maximum absolute atomic E-state index is 12.2. The Balaban J connectivity index is 1.86. The molecule has 0 spiro atoms. The Morgan fingerprint density at radius 2 is 1.13 bits per heavy atom. The fourth-order valence-electron chi connectivity index (χ4n) is 4.91. The van der Waals surface area contributed by atoms with E-state index in [9.17, 15) is 9.59 Å². The molecular weight excluding hydrogens is 400 g/mol. The lowest BCUT2D eigenvalue weighted by atomic mass is 10.3. The highest BCUT2D eigenvalue weighted by molar-refractivity contribution is 7.12. The summed E-state index contributed by atoms with van der Waals surface area (Å²) >= 11 is 0. The normalized spacial score (nSPS) is 15.3. The number of hydrogen-bond donors (Lipinski definition) is 1. The largest absolute Gasteiger partial charge is 0.318 e. The number of nitrogens with one attached hydrogen (secondary N) is 1. The van der Waals surface area contributed by atoms with Crippen LogP contribution in [0.1, 0.15) is 19.3 Å². The monoisotopic (exact) mass is 428 g/mol. The molecule has 0 radical (unpaired) electrons. The lowest BCUT2D eigenvalue weighted by Crippen LogP contribution is -2.77. The highest BCUT2D eigenvalue weighted by atomic mass is 28.3. The van der Waals surface area contributed by atoms with Crippen molar-refractivity contribution < 1.29 is 9.59 Å². The molecule has 0 bridgehead atoms. The molecule has 3 aromatic carbocycles. The van der Waals surface area contributed by atoms with Crippen LogP contribution in [0.2, 0.25) is 0 Å². The number of imide groups is 1. The van der Waals surface area contributed by atoms with Crippen molar-refractivity contribution in [3.05, 3.63) is 91.0 Å². The molecule has 0 aromatic heterocycles. The molecule has 1 fully saturated rings. The summed E-state index contributed by atoms with van der Waals surface area (Å²) in [5.41, 5.74) is 0.0981. The highest BCUT2D eigenvalue weighted by Gasteiger charge is 2.46. The van der Waals surface area contributed by atoms with Crippen LogP contribution in [0.5, 0.6) is 0 Å². The molecule has 4 nitrogen and oxygen atoms in total. The summed E-state index contributed by atoms with van der Waals surface area (Å²) in [7, 11) is -0.535. The molecule has 1 unspecified atom stereocenters. The lowest BCUT2D eigenvalue weighted by Gasteiger charge is -2.41. The number of rotatable bonds is 8. The fraction of sp³-hybridized carbons (Fsp3) is 0.231. The van der Waals surface area contributed by atoms with Crippen molar-refractivity contribution in [2.45, 2.75) is 24.9 Å². The first-order valence-electron chi connectivity index (χ1n) is 10.8. The molecule has 1 aliphatic rings. The van der Waals surface area contributed by atoms with E-state index in [2.05, 4.69) is 96.3 Å². The van der Waals surface area contributed by atoms with Gasteiger partial charge in [-0.3, -0.25) is 14.5 Å². The van der Waals surface area contributed by atoms with Crippen LogP contribution in [-0.2, 0) is 9.59 Å². The zero-order valence-electron chi connectivity index (χ0n) is 17.8. The van der Waals surface area contributed by atoms with Crippen LogP contribution in [0.15, 0.2) is 91.0 Å². The van der Waals surface area contributed by atoms with E-state index in [0.29, 0.717) is 25.8 Å². The van der Waals surface area contributed by atoms with Gasteiger partial charge in [0, 0.05) is 25.1 Å². The second kappa shape index (κ2) is 9.41. The third-order valence-electron chi connectivity index (χ3n) is 6.35. The molecule has 1 saturated heterocycles. The quantitative estimate of drug-likeness (QED) is 0.338. The van der Waals surface area contributed by atoms with Crippen LogP contribution in [0.4, 0.5) is 0 Å². The summed E-state index contributed by atoms with van der Waals surface area (Å²) < 4.78 is 0. The summed E-state index contributed by atoms with van der Waals surface area (Å²) in [6, 6.07) is 32.1. The standard InChI is InChI=1S/C26H28N2O2Si/c1-27-24(19-20-28-25(29)17-18-26(28)30)31(21-11-5-2-6-12-21,22-13-7-3-8-14-22)23-15-9-4-10-16-23/h2-16,24,27H,17-20H2,1H3. The zero-order valence-corrected chi connectivity index (χ0v) is 18.8. The Kier molecular flexibility index (Phi) is 6.44. The molecule has 3 aromatic rings. The average Bonchev–Trinajstić information content (AvgIpc) is 3.15. The van der Waals surface area contributed by atoms with E-state index >= 15 is 0 Å². The zero-order chi connectivity index (χ0) is 21.7. The van der Waals surface area contributed by atoms with E-state index in [1.54, 1.807) is 0 Å². The van der Waals surface area contributed by atoms with E-state index in [4.69, 9.17) is 0 Å². The second-order valence-corrected chi connectivity index (χ2v) is 12.0. The van der Waals surface area contributed by atoms with E-state index in [-0.39, 0.29) is 17.5 Å². The Morgan fingerprint density at radius 3 is 1.48 bits per heavy atom. The molecule has 4 rings (SSSR count). The van der Waals surface area contributed by atoms with Gasteiger partial charge in [-0.25, -0.2) is 0 Å². The molecule has 1 N–H and O–H groups in total. The number of carbonyl (C=O) groups is 2. The van der Waals surface area contributed by atoms with Crippen LogP contribution in [-0.4, -0.2) is 44.0 Å². The Hall–Kier alpha value is -3.02. The molecule has 1 atom stereocenters. The lowest BCUT2D eigenvalue weighted by molar-refractivity contribution is -0.138. The highest BCUT2D eigenvalue weighted by Crippen LogP contribution is 2.18. The van der Waals surface area contributed by atoms with E-state index in [0.717, 1.165) is 0 Å². The number of likely N-dealkylation sites (tertiary alicyclic amines) is 1. The van der Waals surface area contributed by atoms with Crippen molar-refractivity contribution in [2.24, 2.45) is 0 Å². The van der Waals surface area contributed by atoms with Crippen molar-refractivity contribution in [3.63, 3.8) is 0 Å². The first-order chi connectivity index (χ1) is 15.2. The molecule has 1 aliphatic heterocycles. The minimum atomic E-state index is -2.53. The van der Waals surface area contributed by atoms with Gasteiger partial charge in [0.2, 0.25) is 11.8 Å². The van der Waals surface area contributed by atoms with Gasteiger partial charge in [-0.2, -0.15) is 0 Å². The molecule has 2 amide bonds. The van der Waals surface area contributed by atoms with Crippen LogP contribution in [0.3, 0.4) is 0 Å². The minimum absolute atomic E-state index is 0.0498. The number of carbonyl (C=O) groups excluding carboxylic acids is 2. The Bertz CT molecular complexity index is 912. The summed E-state index contributed by atoms with van der Waals surface area (Å²) in [4.78, 5) is 25.9. The summed E-state index contributed by atoms with van der Waals surface area (Å²) in [5, 5.41) is 7.54. The average molecular weight is 429 g/mol. The van der Waals surface area contributed by atoms with Crippen LogP contribution < -0.4 is 20.9 Å². The maximum Gasteiger partial charge on any atom is 0.229 e. The van der Waals surface area contributed by atoms with Crippen molar-refractivity contribution in [1.29, 1.82) is 0 Å². The van der Waals surface area contributed by atoms with Crippen LogP contribution in [0.25, 0.3) is 0 Å². The van der Waals surface area contributed by atoms with Crippen molar-refractivity contribution in [1.82, 2.24) is 10.2 Å². The van der Waals surface area contributed by atoms with E-state index in [1.807, 2.05) is 7.05 Å². The van der Waals surface area contributed by atoms with Gasteiger partial charge in [-0.15, -0.1) is 0 Å². The van der Waals surface area contributed by atoms with Crippen LogP contribution in [0, 0.1) is 0 Å². The topological polar surface area (TPSA) is 49.4 Å². The molecule has 5 heteroatoms. The summed E-state index contributed by atoms with van der Waals surface area (Å²) in [6.45, 7) is 0.449. The molecule has 1 heterocycles. The van der Waals surface area contributed by atoms with Crippen molar-refractivity contribution in [2.75, 3.05) is 13.6 Å². The molecular formula is C26H28N2O2Si. The predicted molar refractivity (Wildman–Crippen MR) is 127 cm³/mol. The number of nitrogens with zero attached hydrogens (tertiary/aromatic N) is 1. The number of benzene rings is 3.